The van der Waals surface area contributed by atoms with E-state index in [-0.39, 0.29) is 0 Å². The zero-order valence-corrected chi connectivity index (χ0v) is 13.2. The van der Waals surface area contributed by atoms with Crippen LogP contribution < -0.4 is 5.32 Å². The summed E-state index contributed by atoms with van der Waals surface area (Å²) in [4.78, 5) is 0. The molecule has 2 rings (SSSR count). The maximum Gasteiger partial charge on any atom is 0.0595 e. The van der Waals surface area contributed by atoms with Crippen molar-refractivity contribution in [1.82, 2.24) is 5.32 Å². The van der Waals surface area contributed by atoms with Crippen LogP contribution >= 0.6 is 34.8 Å². The molecule has 1 aliphatic rings. The molecular formula is C15H20Cl3N. The van der Waals surface area contributed by atoms with E-state index in [0.29, 0.717) is 21.9 Å². The maximum atomic E-state index is 6.05. The Morgan fingerprint density at radius 1 is 1.05 bits per heavy atom. The van der Waals surface area contributed by atoms with E-state index in [1.165, 1.54) is 31.2 Å². The first-order valence-electron chi connectivity index (χ1n) is 6.91. The molecule has 2 unspecified atom stereocenters. The van der Waals surface area contributed by atoms with Gasteiger partial charge in [0.1, 0.15) is 0 Å². The summed E-state index contributed by atoms with van der Waals surface area (Å²) >= 11 is 18.0. The molecule has 2 atom stereocenters. The average molecular weight is 321 g/mol. The lowest BCUT2D eigenvalue weighted by molar-refractivity contribution is 0.250. The number of rotatable bonds is 5. The molecule has 1 N–H and O–H groups in total. The van der Waals surface area contributed by atoms with Crippen LogP contribution in [0.3, 0.4) is 0 Å². The summed E-state index contributed by atoms with van der Waals surface area (Å²) in [5.41, 5.74) is 1.17. The van der Waals surface area contributed by atoms with Gasteiger partial charge in [0.25, 0.3) is 0 Å². The fraction of sp³-hybridized carbons (Fsp3) is 0.600. The molecule has 1 fully saturated rings. The number of hydrogen-bond acceptors (Lipinski definition) is 1. The van der Waals surface area contributed by atoms with Crippen molar-refractivity contribution in [1.29, 1.82) is 0 Å². The number of nitrogens with one attached hydrogen (secondary N) is 1. The van der Waals surface area contributed by atoms with Crippen molar-refractivity contribution in [2.45, 2.75) is 32.2 Å². The summed E-state index contributed by atoms with van der Waals surface area (Å²) in [7, 11) is 0. The van der Waals surface area contributed by atoms with Crippen LogP contribution in [0.25, 0.3) is 0 Å². The van der Waals surface area contributed by atoms with Gasteiger partial charge >= 0.3 is 0 Å². The van der Waals surface area contributed by atoms with Crippen molar-refractivity contribution in [2.75, 3.05) is 12.4 Å². The molecule has 106 valence electrons. The van der Waals surface area contributed by atoms with Crippen LogP contribution in [0.2, 0.25) is 10.0 Å². The van der Waals surface area contributed by atoms with E-state index in [1.54, 1.807) is 0 Å². The first-order chi connectivity index (χ1) is 9.20. The molecule has 0 bridgehead atoms. The van der Waals surface area contributed by atoms with E-state index < -0.39 is 0 Å². The molecule has 0 heterocycles. The van der Waals surface area contributed by atoms with Gasteiger partial charge in [-0.05, 0) is 48.9 Å². The summed E-state index contributed by atoms with van der Waals surface area (Å²) < 4.78 is 0. The third-order valence-electron chi connectivity index (χ3n) is 3.98. The van der Waals surface area contributed by atoms with E-state index >= 15 is 0 Å². The fourth-order valence-electron chi connectivity index (χ4n) is 2.81. The zero-order valence-electron chi connectivity index (χ0n) is 11.0. The summed E-state index contributed by atoms with van der Waals surface area (Å²) in [5, 5.41) is 4.76. The highest BCUT2D eigenvalue weighted by Crippen LogP contribution is 2.30. The summed E-state index contributed by atoms with van der Waals surface area (Å²) in [5.74, 6) is 2.19. The SMILES string of the molecule is ClCC1CCCCC1CNCc1ccc(Cl)c(Cl)c1. The van der Waals surface area contributed by atoms with Gasteiger partial charge in [0.2, 0.25) is 0 Å². The third-order valence-corrected chi connectivity index (χ3v) is 5.12. The van der Waals surface area contributed by atoms with Gasteiger partial charge in [-0.25, -0.2) is 0 Å². The van der Waals surface area contributed by atoms with Crippen LogP contribution in [-0.4, -0.2) is 12.4 Å². The van der Waals surface area contributed by atoms with Crippen LogP contribution in [0, 0.1) is 11.8 Å². The van der Waals surface area contributed by atoms with Gasteiger partial charge in [-0.1, -0.05) is 42.1 Å². The molecule has 19 heavy (non-hydrogen) atoms. The molecule has 1 saturated carbocycles. The first-order valence-corrected chi connectivity index (χ1v) is 8.20. The standard InChI is InChI=1S/C15H20Cl3N/c16-8-12-3-1-2-4-13(12)10-19-9-11-5-6-14(17)15(18)7-11/h5-7,12-13,19H,1-4,8-10H2. The Labute approximate surface area is 130 Å². The first kappa shape index (κ1) is 15.4. The Morgan fingerprint density at radius 3 is 2.47 bits per heavy atom. The lowest BCUT2D eigenvalue weighted by atomic mass is 9.80. The molecular weight excluding hydrogens is 301 g/mol. The minimum atomic E-state index is 0.611. The normalized spacial score (nSPS) is 23.5. The van der Waals surface area contributed by atoms with Crippen molar-refractivity contribution >= 4 is 34.8 Å². The second-order valence-electron chi connectivity index (χ2n) is 5.34. The summed E-state index contributed by atoms with van der Waals surface area (Å²) in [6.07, 6.45) is 5.25. The molecule has 0 aromatic heterocycles. The summed E-state index contributed by atoms with van der Waals surface area (Å²) in [6.45, 7) is 1.88. The molecule has 1 aromatic carbocycles. The van der Waals surface area contributed by atoms with Gasteiger partial charge in [-0.2, -0.15) is 0 Å². The van der Waals surface area contributed by atoms with E-state index in [2.05, 4.69) is 5.32 Å². The highest BCUT2D eigenvalue weighted by molar-refractivity contribution is 6.42. The maximum absolute atomic E-state index is 6.05. The molecule has 0 saturated heterocycles. The lowest BCUT2D eigenvalue weighted by Gasteiger charge is -2.30. The Balaban J connectivity index is 1.80. The average Bonchev–Trinajstić information content (AvgIpc) is 2.43. The number of benzene rings is 1. The highest BCUT2D eigenvalue weighted by atomic mass is 35.5. The zero-order chi connectivity index (χ0) is 13.7. The van der Waals surface area contributed by atoms with Gasteiger partial charge in [0, 0.05) is 12.4 Å². The molecule has 0 amide bonds. The van der Waals surface area contributed by atoms with Crippen molar-refractivity contribution in [3.63, 3.8) is 0 Å². The topological polar surface area (TPSA) is 12.0 Å². The molecule has 0 aliphatic heterocycles. The Kier molecular flexibility index (Phi) is 6.28. The van der Waals surface area contributed by atoms with E-state index in [1.807, 2.05) is 18.2 Å². The predicted molar refractivity (Wildman–Crippen MR) is 84.3 cm³/mol. The van der Waals surface area contributed by atoms with Crippen molar-refractivity contribution in [3.8, 4) is 0 Å². The highest BCUT2D eigenvalue weighted by Gasteiger charge is 2.23. The molecule has 1 aliphatic carbocycles. The smallest absolute Gasteiger partial charge is 0.0595 e. The molecule has 0 radical (unpaired) electrons. The largest absolute Gasteiger partial charge is 0.312 e. The van der Waals surface area contributed by atoms with E-state index in [4.69, 9.17) is 34.8 Å². The third kappa shape index (κ3) is 4.53. The lowest BCUT2D eigenvalue weighted by Crippen LogP contribution is -2.31. The van der Waals surface area contributed by atoms with Gasteiger partial charge in [0.15, 0.2) is 0 Å². The van der Waals surface area contributed by atoms with Crippen LogP contribution in [0.15, 0.2) is 18.2 Å². The van der Waals surface area contributed by atoms with E-state index in [0.717, 1.165) is 19.0 Å². The number of alkyl halides is 1. The van der Waals surface area contributed by atoms with Gasteiger partial charge in [0.05, 0.1) is 10.0 Å². The molecule has 0 spiro atoms. The second kappa shape index (κ2) is 7.73. The van der Waals surface area contributed by atoms with Gasteiger partial charge in [-0.15, -0.1) is 11.6 Å². The Bertz CT molecular complexity index is 408. The minimum absolute atomic E-state index is 0.611. The number of halogens is 3. The molecule has 4 heteroatoms. The minimum Gasteiger partial charge on any atom is -0.312 e. The Hall–Kier alpha value is 0.0500. The van der Waals surface area contributed by atoms with Gasteiger partial charge in [-0.3, -0.25) is 0 Å². The predicted octanol–water partition coefficient (Wildman–Crippen LogP) is 5.13. The number of hydrogen-bond donors (Lipinski definition) is 1. The van der Waals surface area contributed by atoms with Crippen LogP contribution in [0.5, 0.6) is 0 Å². The van der Waals surface area contributed by atoms with E-state index in [9.17, 15) is 0 Å². The monoisotopic (exact) mass is 319 g/mol. The van der Waals surface area contributed by atoms with Gasteiger partial charge < -0.3 is 5.32 Å². The van der Waals surface area contributed by atoms with Crippen molar-refractivity contribution in [3.05, 3.63) is 33.8 Å². The Morgan fingerprint density at radius 2 is 1.79 bits per heavy atom. The molecule has 1 nitrogen and oxygen atoms in total. The van der Waals surface area contributed by atoms with Crippen molar-refractivity contribution in [2.24, 2.45) is 11.8 Å². The molecule has 1 aromatic rings. The van der Waals surface area contributed by atoms with Crippen LogP contribution in [0.4, 0.5) is 0 Å². The summed E-state index contributed by atoms with van der Waals surface area (Å²) in [6, 6.07) is 5.79. The van der Waals surface area contributed by atoms with Crippen LogP contribution in [-0.2, 0) is 6.54 Å². The fourth-order valence-corrected chi connectivity index (χ4v) is 3.53. The second-order valence-corrected chi connectivity index (χ2v) is 6.46. The van der Waals surface area contributed by atoms with Crippen molar-refractivity contribution < 1.29 is 0 Å². The quantitative estimate of drug-likeness (QED) is 0.742. The van der Waals surface area contributed by atoms with Crippen LogP contribution in [0.1, 0.15) is 31.2 Å².